The van der Waals surface area contributed by atoms with E-state index >= 15 is 0 Å². The molecule has 2 atom stereocenters. The number of amides is 3. The molecule has 2 heterocycles. The van der Waals surface area contributed by atoms with E-state index in [-0.39, 0.29) is 35.2 Å². The number of benzene rings is 3. The Morgan fingerprint density at radius 1 is 1.07 bits per heavy atom. The number of nitrogens with zero attached hydrogens (tertiary/aromatic N) is 4. The Balaban J connectivity index is 1.16. The Morgan fingerprint density at radius 3 is 2.44 bits per heavy atom. The number of hydrogen-bond acceptors (Lipinski definition) is 6. The van der Waals surface area contributed by atoms with E-state index in [2.05, 4.69) is 25.5 Å². The predicted octanol–water partition coefficient (Wildman–Crippen LogP) is 6.39. The molecule has 0 spiro atoms. The monoisotopic (exact) mass is 642 g/mol. The van der Waals surface area contributed by atoms with E-state index in [1.165, 1.54) is 64.1 Å². The Labute approximate surface area is 261 Å². The Bertz CT molecular complexity index is 1660. The third-order valence-corrected chi connectivity index (χ3v) is 8.01. The zero-order valence-corrected chi connectivity index (χ0v) is 25.3. The summed E-state index contributed by atoms with van der Waals surface area (Å²) in [6.45, 7) is 5.70. The SMILES string of the molecule is CC(Cc1ccc(-c2ncn(-c3ccc(OC(F)(F)F)cc3)n2)cc1)NC(=O)NC1SCC(=O)N1c1ccc(F)cc1C(C)C. The average molecular weight is 643 g/mol. The molecule has 1 fully saturated rings. The van der Waals surface area contributed by atoms with Crippen LogP contribution in [0.4, 0.5) is 28.0 Å². The highest BCUT2D eigenvalue weighted by molar-refractivity contribution is 8.01. The van der Waals surface area contributed by atoms with Crippen molar-refractivity contribution < 1.29 is 31.9 Å². The minimum atomic E-state index is -4.77. The fourth-order valence-corrected chi connectivity index (χ4v) is 5.90. The van der Waals surface area contributed by atoms with Gasteiger partial charge in [0.25, 0.3) is 0 Å². The summed E-state index contributed by atoms with van der Waals surface area (Å²) in [6.07, 6.45) is -2.78. The van der Waals surface area contributed by atoms with Crippen molar-refractivity contribution in [2.24, 2.45) is 0 Å². The van der Waals surface area contributed by atoms with E-state index in [1.807, 2.05) is 45.0 Å². The van der Waals surface area contributed by atoms with Crippen LogP contribution < -0.4 is 20.3 Å². The number of thioether (sulfide) groups is 1. The molecule has 14 heteroatoms. The highest BCUT2D eigenvalue weighted by Crippen LogP contribution is 2.35. The van der Waals surface area contributed by atoms with Gasteiger partial charge < -0.3 is 15.4 Å². The molecule has 0 radical (unpaired) electrons. The lowest BCUT2D eigenvalue weighted by molar-refractivity contribution is -0.274. The van der Waals surface area contributed by atoms with Gasteiger partial charge in [-0.1, -0.05) is 38.1 Å². The van der Waals surface area contributed by atoms with Crippen LogP contribution in [0.3, 0.4) is 0 Å². The maximum Gasteiger partial charge on any atom is 0.573 e. The molecule has 4 aromatic rings. The van der Waals surface area contributed by atoms with Crippen LogP contribution in [0, 0.1) is 5.82 Å². The molecule has 0 saturated carbocycles. The minimum absolute atomic E-state index is 0.0241. The molecule has 0 aliphatic carbocycles. The highest BCUT2D eigenvalue weighted by atomic mass is 32.2. The van der Waals surface area contributed by atoms with Gasteiger partial charge in [-0.15, -0.1) is 30.0 Å². The first-order valence-corrected chi connectivity index (χ1v) is 15.1. The molecular weight excluding hydrogens is 612 g/mol. The number of carbonyl (C=O) groups excluding carboxylic acids is 2. The summed E-state index contributed by atoms with van der Waals surface area (Å²) in [5.74, 6) is -0.286. The molecule has 45 heavy (non-hydrogen) atoms. The van der Waals surface area contributed by atoms with Crippen LogP contribution in [0.2, 0.25) is 0 Å². The van der Waals surface area contributed by atoms with Gasteiger partial charge in [0.05, 0.1) is 17.1 Å². The van der Waals surface area contributed by atoms with Gasteiger partial charge in [0, 0.05) is 11.6 Å². The Hall–Kier alpha value is -4.59. The topological polar surface area (TPSA) is 101 Å². The van der Waals surface area contributed by atoms with Crippen LogP contribution >= 0.6 is 11.8 Å². The van der Waals surface area contributed by atoms with E-state index in [4.69, 9.17) is 0 Å². The lowest BCUT2D eigenvalue weighted by Crippen LogP contribution is -2.50. The molecule has 1 aromatic heterocycles. The maximum absolute atomic E-state index is 13.9. The summed E-state index contributed by atoms with van der Waals surface area (Å²) in [4.78, 5) is 31.4. The smallest absolute Gasteiger partial charge is 0.406 e. The normalized spacial score (nSPS) is 15.8. The summed E-state index contributed by atoms with van der Waals surface area (Å²) in [5.41, 5.74) is 2.83. The summed E-state index contributed by atoms with van der Waals surface area (Å²) in [7, 11) is 0. The summed E-state index contributed by atoms with van der Waals surface area (Å²) in [5, 5.41) is 10.2. The van der Waals surface area contributed by atoms with Crippen molar-refractivity contribution in [3.63, 3.8) is 0 Å². The lowest BCUT2D eigenvalue weighted by Gasteiger charge is -2.28. The Morgan fingerprint density at radius 2 is 1.78 bits per heavy atom. The van der Waals surface area contributed by atoms with Crippen LogP contribution in [0.1, 0.15) is 37.8 Å². The van der Waals surface area contributed by atoms with Gasteiger partial charge in [0.1, 0.15) is 17.9 Å². The lowest BCUT2D eigenvalue weighted by atomic mass is 10.00. The quantitative estimate of drug-likeness (QED) is 0.205. The number of alkyl halides is 3. The number of halogens is 4. The molecule has 1 aliphatic heterocycles. The van der Waals surface area contributed by atoms with E-state index < -0.39 is 17.9 Å². The second-order valence-corrected chi connectivity index (χ2v) is 11.8. The molecule has 1 aliphatic rings. The second kappa shape index (κ2) is 13.2. The molecule has 9 nitrogen and oxygen atoms in total. The predicted molar refractivity (Wildman–Crippen MR) is 163 cm³/mol. The fourth-order valence-electron chi connectivity index (χ4n) is 4.89. The van der Waals surface area contributed by atoms with E-state index in [0.29, 0.717) is 29.2 Å². The molecular formula is C31H30F4N6O3S. The molecule has 236 valence electrons. The fraction of sp³-hybridized carbons (Fsp3) is 0.290. The van der Waals surface area contributed by atoms with Gasteiger partial charge in [0.2, 0.25) is 5.91 Å². The number of carbonyl (C=O) groups is 2. The third kappa shape index (κ3) is 7.93. The zero-order chi connectivity index (χ0) is 32.3. The standard InChI is InChI=1S/C31H30F4N6O3S/c1-18(2)25-15-22(32)8-13-26(25)41-27(42)16-45-30(41)38-29(43)37-19(3)14-20-4-6-21(7-5-20)28-36-17-40(39-28)23-9-11-24(12-10-23)44-31(33,34)35/h4-13,15,17-19,30H,14,16H2,1-3H3,(H2,37,38,43). The molecule has 2 unspecified atom stereocenters. The number of ether oxygens (including phenoxy) is 1. The van der Waals surface area contributed by atoms with Gasteiger partial charge in [-0.25, -0.2) is 18.9 Å². The maximum atomic E-state index is 13.9. The number of rotatable bonds is 9. The van der Waals surface area contributed by atoms with E-state index in [9.17, 15) is 27.2 Å². The minimum Gasteiger partial charge on any atom is -0.406 e. The van der Waals surface area contributed by atoms with Crippen molar-refractivity contribution >= 4 is 29.4 Å². The summed E-state index contributed by atoms with van der Waals surface area (Å²) in [6, 6.07) is 16.4. The van der Waals surface area contributed by atoms with Crippen molar-refractivity contribution in [3.05, 3.63) is 90.0 Å². The number of anilines is 1. The number of nitrogens with one attached hydrogen (secondary N) is 2. The Kier molecular flexibility index (Phi) is 9.32. The van der Waals surface area contributed by atoms with Crippen molar-refractivity contribution in [1.29, 1.82) is 0 Å². The highest BCUT2D eigenvalue weighted by Gasteiger charge is 2.36. The van der Waals surface area contributed by atoms with Crippen LogP contribution in [0.5, 0.6) is 5.75 Å². The van der Waals surface area contributed by atoms with Crippen LogP contribution in [0.15, 0.2) is 73.1 Å². The summed E-state index contributed by atoms with van der Waals surface area (Å²) >= 11 is 1.29. The van der Waals surface area contributed by atoms with Crippen molar-refractivity contribution in [2.75, 3.05) is 10.7 Å². The second-order valence-electron chi connectivity index (χ2n) is 10.8. The van der Waals surface area contributed by atoms with Crippen LogP contribution in [-0.2, 0) is 11.2 Å². The summed E-state index contributed by atoms with van der Waals surface area (Å²) < 4.78 is 56.5. The molecule has 0 bridgehead atoms. The van der Waals surface area contributed by atoms with Crippen molar-refractivity contribution in [2.45, 2.75) is 51.0 Å². The average Bonchev–Trinajstić information content (AvgIpc) is 3.60. The number of aromatic nitrogens is 3. The molecule has 2 N–H and O–H groups in total. The van der Waals surface area contributed by atoms with Gasteiger partial charge in [-0.2, -0.15) is 0 Å². The first kappa shape index (κ1) is 31.8. The van der Waals surface area contributed by atoms with E-state index in [0.717, 1.165) is 11.1 Å². The first-order chi connectivity index (χ1) is 21.4. The van der Waals surface area contributed by atoms with Crippen molar-refractivity contribution in [3.8, 4) is 22.8 Å². The molecule has 5 rings (SSSR count). The van der Waals surface area contributed by atoms with Crippen LogP contribution in [-0.4, -0.2) is 50.4 Å². The van der Waals surface area contributed by atoms with Gasteiger partial charge >= 0.3 is 12.4 Å². The van der Waals surface area contributed by atoms with Crippen LogP contribution in [0.25, 0.3) is 17.1 Å². The number of hydrogen-bond donors (Lipinski definition) is 2. The van der Waals surface area contributed by atoms with Gasteiger partial charge in [0.15, 0.2) is 11.3 Å². The van der Waals surface area contributed by atoms with Gasteiger partial charge in [-0.3, -0.25) is 9.69 Å². The van der Waals surface area contributed by atoms with Gasteiger partial charge in [-0.05, 0) is 72.9 Å². The van der Waals surface area contributed by atoms with E-state index in [1.54, 1.807) is 6.07 Å². The zero-order valence-electron chi connectivity index (χ0n) is 24.5. The number of urea groups is 1. The largest absolute Gasteiger partial charge is 0.573 e. The third-order valence-electron chi connectivity index (χ3n) is 6.95. The molecule has 1 saturated heterocycles. The molecule has 3 aromatic carbocycles. The molecule has 3 amide bonds. The first-order valence-electron chi connectivity index (χ1n) is 14.0. The van der Waals surface area contributed by atoms with Crippen molar-refractivity contribution in [1.82, 2.24) is 25.4 Å².